The number of cyclic esters (lactones) is 1. The molecule has 2 aliphatic heterocycles. The summed E-state index contributed by atoms with van der Waals surface area (Å²) in [5.74, 6) is -1.54. The molecule has 1 unspecified atom stereocenters. The minimum Gasteiger partial charge on any atom is -0.508 e. The van der Waals surface area contributed by atoms with Crippen LogP contribution < -0.4 is 16.1 Å². The Balaban J connectivity index is 1.64. The molecule has 5 rings (SSSR count). The number of phenols is 1. The van der Waals surface area contributed by atoms with E-state index < -0.39 is 43.9 Å². The average Bonchev–Trinajstić information content (AvgIpc) is 3.29. The van der Waals surface area contributed by atoms with Gasteiger partial charge in [0.2, 0.25) is 5.60 Å². The maximum absolute atomic E-state index is 14.1. The Labute approximate surface area is 256 Å². The van der Waals surface area contributed by atoms with Gasteiger partial charge in [0.25, 0.3) is 5.56 Å². The highest BCUT2D eigenvalue weighted by Gasteiger charge is 2.50. The number of aromatic nitrogens is 2. The SMILES string of the molecule is CCC1(OC(=O)CNC(=O)OC(C)(C)C)C(=O)OCc2c1cc1n(c2=O)Cc2c-1nc1ccc(O)cc1c2[Si](C)(C)C(C)C. The van der Waals surface area contributed by atoms with Gasteiger partial charge >= 0.3 is 18.0 Å². The third-order valence-corrected chi connectivity index (χ3v) is 13.5. The van der Waals surface area contributed by atoms with E-state index in [4.69, 9.17) is 19.2 Å². The minimum atomic E-state index is -2.15. The molecule has 234 valence electrons. The first kappa shape index (κ1) is 31.2. The van der Waals surface area contributed by atoms with Crippen molar-refractivity contribution in [1.29, 1.82) is 0 Å². The van der Waals surface area contributed by atoms with Crippen molar-refractivity contribution in [1.82, 2.24) is 14.9 Å². The van der Waals surface area contributed by atoms with Crippen molar-refractivity contribution in [2.75, 3.05) is 6.54 Å². The number of ether oxygens (including phenoxy) is 3. The number of aromatic hydroxyl groups is 1. The van der Waals surface area contributed by atoms with Crippen molar-refractivity contribution >= 4 is 42.2 Å². The van der Waals surface area contributed by atoms with Gasteiger partial charge in [0.15, 0.2) is 0 Å². The molecule has 4 heterocycles. The molecule has 0 saturated carbocycles. The van der Waals surface area contributed by atoms with E-state index in [2.05, 4.69) is 32.3 Å². The zero-order valence-electron chi connectivity index (χ0n) is 26.4. The molecule has 1 amide bonds. The number of benzene rings is 1. The number of nitrogens with one attached hydrogen (secondary N) is 1. The zero-order valence-corrected chi connectivity index (χ0v) is 27.4. The molecule has 0 saturated heterocycles. The monoisotopic (exact) mass is 621 g/mol. The van der Waals surface area contributed by atoms with Gasteiger partial charge in [-0.3, -0.25) is 9.59 Å². The van der Waals surface area contributed by atoms with Gasteiger partial charge in [0.05, 0.1) is 37.1 Å². The van der Waals surface area contributed by atoms with Crippen molar-refractivity contribution in [3.05, 3.63) is 51.3 Å². The van der Waals surface area contributed by atoms with Crippen molar-refractivity contribution in [3.63, 3.8) is 0 Å². The van der Waals surface area contributed by atoms with E-state index in [1.54, 1.807) is 56.5 Å². The van der Waals surface area contributed by atoms with Crippen molar-refractivity contribution in [2.24, 2.45) is 0 Å². The standard InChI is InChI=1S/C32H39N3O8Si/c1-9-32(42-25(37)14-33-30(40)43-31(4,5)6)22-13-24-26-20(15-35(24)28(38)21(22)16-41-29(32)39)27(44(7,8)17(2)3)19-12-18(36)10-11-23(19)34-26/h10-13,17,36H,9,14-16H2,1-8H3,(H,33,40). The molecule has 0 aliphatic carbocycles. The second-order valence-corrected chi connectivity index (χ2v) is 18.4. The van der Waals surface area contributed by atoms with Crippen LogP contribution >= 0.6 is 0 Å². The zero-order chi connectivity index (χ0) is 32.4. The Kier molecular flexibility index (Phi) is 7.64. The highest BCUT2D eigenvalue weighted by atomic mass is 28.3. The molecule has 0 bridgehead atoms. The van der Waals surface area contributed by atoms with Gasteiger partial charge in [-0.1, -0.05) is 33.9 Å². The van der Waals surface area contributed by atoms with Crippen molar-refractivity contribution in [3.8, 4) is 17.1 Å². The summed E-state index contributed by atoms with van der Waals surface area (Å²) in [6, 6.07) is 6.82. The van der Waals surface area contributed by atoms with Crippen LogP contribution in [0.2, 0.25) is 18.6 Å². The number of carbonyl (C=O) groups is 3. The Morgan fingerprint density at radius 1 is 1.18 bits per heavy atom. The molecule has 11 nitrogen and oxygen atoms in total. The lowest BCUT2D eigenvalue weighted by Crippen LogP contribution is -2.49. The second kappa shape index (κ2) is 10.8. The third kappa shape index (κ3) is 5.14. The van der Waals surface area contributed by atoms with Crippen LogP contribution in [0.15, 0.2) is 29.1 Å². The highest BCUT2D eigenvalue weighted by molar-refractivity contribution is 6.92. The van der Waals surface area contributed by atoms with Crippen LogP contribution in [-0.4, -0.2) is 52.9 Å². The first-order chi connectivity index (χ1) is 20.5. The van der Waals surface area contributed by atoms with Crippen LogP contribution in [0.3, 0.4) is 0 Å². The normalized spacial score (nSPS) is 17.5. The molecule has 2 aliphatic rings. The smallest absolute Gasteiger partial charge is 0.408 e. The predicted octanol–water partition coefficient (Wildman–Crippen LogP) is 4.19. The Bertz CT molecular complexity index is 1770. The molecule has 3 aromatic rings. The molecule has 0 radical (unpaired) electrons. The molecule has 2 aromatic heterocycles. The minimum absolute atomic E-state index is 0.00423. The number of carbonyl (C=O) groups excluding carboxylic acids is 3. The van der Waals surface area contributed by atoms with Gasteiger partial charge in [-0.2, -0.15) is 0 Å². The average molecular weight is 622 g/mol. The van der Waals surface area contributed by atoms with Crippen LogP contribution in [0.4, 0.5) is 4.79 Å². The molecule has 0 spiro atoms. The second-order valence-electron chi connectivity index (χ2n) is 13.3. The molecular weight excluding hydrogens is 582 g/mol. The summed E-state index contributed by atoms with van der Waals surface area (Å²) in [6.07, 6.45) is -0.815. The summed E-state index contributed by atoms with van der Waals surface area (Å²) < 4.78 is 18.0. The highest BCUT2D eigenvalue weighted by Crippen LogP contribution is 2.41. The molecule has 44 heavy (non-hydrogen) atoms. The van der Waals surface area contributed by atoms with E-state index in [0.29, 0.717) is 22.4 Å². The lowest BCUT2D eigenvalue weighted by Gasteiger charge is -2.35. The number of hydrogen-bond donors (Lipinski definition) is 2. The Morgan fingerprint density at radius 2 is 1.89 bits per heavy atom. The van der Waals surface area contributed by atoms with Crippen molar-refractivity contribution < 1.29 is 33.7 Å². The number of hydrogen-bond acceptors (Lipinski definition) is 9. The first-order valence-corrected chi connectivity index (χ1v) is 17.9. The number of nitrogens with zero attached hydrogens (tertiary/aromatic N) is 2. The molecule has 12 heteroatoms. The summed E-state index contributed by atoms with van der Waals surface area (Å²) in [5, 5.41) is 14.7. The number of esters is 2. The summed E-state index contributed by atoms with van der Waals surface area (Å²) in [6.45, 7) is 15.1. The maximum atomic E-state index is 14.1. The summed E-state index contributed by atoms with van der Waals surface area (Å²) in [4.78, 5) is 57.5. The first-order valence-electron chi connectivity index (χ1n) is 14.8. The van der Waals surface area contributed by atoms with E-state index >= 15 is 0 Å². The Hall–Kier alpha value is -4.19. The van der Waals surface area contributed by atoms with Crippen LogP contribution in [-0.2, 0) is 42.6 Å². The fourth-order valence-corrected chi connectivity index (χ4v) is 8.39. The van der Waals surface area contributed by atoms with Crippen LogP contribution in [0.5, 0.6) is 5.75 Å². The number of amides is 1. The predicted molar refractivity (Wildman–Crippen MR) is 167 cm³/mol. The number of alkyl carbamates (subject to hydrolysis) is 1. The molecule has 0 fully saturated rings. The quantitative estimate of drug-likeness (QED) is 0.184. The fraction of sp³-hybridized carbons (Fsp3) is 0.469. The molecule has 2 N–H and O–H groups in total. The van der Waals surface area contributed by atoms with Gasteiger partial charge in [0.1, 0.15) is 24.5 Å². The van der Waals surface area contributed by atoms with Gasteiger partial charge in [-0.05, 0) is 67.7 Å². The van der Waals surface area contributed by atoms with E-state index in [-0.39, 0.29) is 42.0 Å². The van der Waals surface area contributed by atoms with Gasteiger partial charge in [-0.25, -0.2) is 14.6 Å². The summed E-state index contributed by atoms with van der Waals surface area (Å²) in [5.41, 5.74) is 0.556. The van der Waals surface area contributed by atoms with E-state index in [1.165, 1.54) is 0 Å². The molecular formula is C32H39N3O8Si. The van der Waals surface area contributed by atoms with Crippen LogP contribution in [0, 0.1) is 0 Å². The van der Waals surface area contributed by atoms with Gasteiger partial charge in [0, 0.05) is 10.9 Å². The van der Waals surface area contributed by atoms with Gasteiger partial charge < -0.3 is 29.2 Å². The topological polar surface area (TPSA) is 146 Å². The maximum Gasteiger partial charge on any atom is 0.408 e. The number of rotatable bonds is 6. The van der Waals surface area contributed by atoms with Crippen LogP contribution in [0.25, 0.3) is 22.3 Å². The molecule has 1 atom stereocenters. The largest absolute Gasteiger partial charge is 0.508 e. The fourth-order valence-electron chi connectivity index (χ4n) is 5.94. The van der Waals surface area contributed by atoms with Crippen molar-refractivity contribution in [2.45, 2.75) is 91.0 Å². The lowest BCUT2D eigenvalue weighted by molar-refractivity contribution is -0.188. The number of fused-ring (bicyclic) bond motifs is 5. The summed E-state index contributed by atoms with van der Waals surface area (Å²) in [7, 11) is -2.15. The summed E-state index contributed by atoms with van der Waals surface area (Å²) >= 11 is 0. The van der Waals surface area contributed by atoms with E-state index in [9.17, 15) is 24.3 Å². The van der Waals surface area contributed by atoms with E-state index in [1.807, 2.05) is 0 Å². The lowest BCUT2D eigenvalue weighted by atomic mass is 9.85. The molecule has 1 aromatic carbocycles. The van der Waals surface area contributed by atoms with Crippen LogP contribution in [0.1, 0.15) is 64.7 Å². The number of phenolic OH excluding ortho intramolecular Hbond substituents is 1. The third-order valence-electron chi connectivity index (χ3n) is 8.79. The Morgan fingerprint density at radius 3 is 2.52 bits per heavy atom. The van der Waals surface area contributed by atoms with E-state index in [0.717, 1.165) is 16.1 Å². The number of pyridine rings is 2. The van der Waals surface area contributed by atoms with Gasteiger partial charge in [-0.15, -0.1) is 0 Å².